The molecule has 0 aromatic heterocycles. The summed E-state index contributed by atoms with van der Waals surface area (Å²) in [7, 11) is -3.75. The molecule has 0 aliphatic rings. The Hall–Kier alpha value is -2.95. The van der Waals surface area contributed by atoms with Gasteiger partial charge in [0.05, 0.1) is 11.6 Å². The standard InChI is InChI=1S/C19H18N2O4S/c1-15-5-7-16(8-6-15)9-10-26(23,24)21-13-19(22)25-14-18-4-2-3-17(11-18)12-20/h2-11,21H,13-14H2,1H3/b10-9+. The minimum absolute atomic E-state index is 0.0325. The van der Waals surface area contributed by atoms with Crippen LogP contribution in [0.4, 0.5) is 0 Å². The van der Waals surface area contributed by atoms with Crippen molar-refractivity contribution in [3.63, 3.8) is 0 Å². The van der Waals surface area contributed by atoms with E-state index in [4.69, 9.17) is 10.00 Å². The van der Waals surface area contributed by atoms with Crippen LogP contribution in [0.3, 0.4) is 0 Å². The van der Waals surface area contributed by atoms with Gasteiger partial charge in [0, 0.05) is 5.41 Å². The number of sulfonamides is 1. The minimum Gasteiger partial charge on any atom is -0.460 e. The van der Waals surface area contributed by atoms with E-state index < -0.39 is 22.5 Å². The lowest BCUT2D eigenvalue weighted by molar-refractivity contribution is -0.143. The van der Waals surface area contributed by atoms with E-state index in [0.717, 1.165) is 16.5 Å². The molecule has 2 aromatic rings. The number of nitrogens with zero attached hydrogens (tertiary/aromatic N) is 1. The van der Waals surface area contributed by atoms with Gasteiger partial charge in [-0.05, 0) is 36.3 Å². The molecule has 2 rings (SSSR count). The molecule has 0 heterocycles. The van der Waals surface area contributed by atoms with Gasteiger partial charge in [0.1, 0.15) is 13.2 Å². The Morgan fingerprint density at radius 3 is 2.65 bits per heavy atom. The first kappa shape index (κ1) is 19.4. The quantitative estimate of drug-likeness (QED) is 0.756. The number of rotatable bonds is 7. The van der Waals surface area contributed by atoms with Crippen LogP contribution in [-0.4, -0.2) is 20.9 Å². The average molecular weight is 370 g/mol. The molecular formula is C19H18N2O4S. The Kier molecular flexibility index (Phi) is 6.67. The van der Waals surface area contributed by atoms with Crippen LogP contribution in [0.5, 0.6) is 0 Å². The number of hydrogen-bond donors (Lipinski definition) is 1. The number of ether oxygens (including phenoxy) is 1. The zero-order chi connectivity index (χ0) is 19.0. The van der Waals surface area contributed by atoms with Gasteiger partial charge in [0.25, 0.3) is 0 Å². The van der Waals surface area contributed by atoms with Crippen LogP contribution in [0.2, 0.25) is 0 Å². The highest BCUT2D eigenvalue weighted by molar-refractivity contribution is 7.92. The van der Waals surface area contributed by atoms with E-state index in [1.165, 1.54) is 6.08 Å². The number of benzene rings is 2. The van der Waals surface area contributed by atoms with Gasteiger partial charge in [-0.1, -0.05) is 42.0 Å². The van der Waals surface area contributed by atoms with Gasteiger partial charge in [-0.15, -0.1) is 0 Å². The maximum absolute atomic E-state index is 11.9. The van der Waals surface area contributed by atoms with E-state index in [9.17, 15) is 13.2 Å². The predicted molar refractivity (Wildman–Crippen MR) is 98.1 cm³/mol. The Morgan fingerprint density at radius 1 is 1.23 bits per heavy atom. The number of carbonyl (C=O) groups excluding carboxylic acids is 1. The highest BCUT2D eigenvalue weighted by Gasteiger charge is 2.10. The molecule has 7 heteroatoms. The van der Waals surface area contributed by atoms with Crippen LogP contribution < -0.4 is 4.72 Å². The normalized spacial score (nSPS) is 11.2. The topological polar surface area (TPSA) is 96.3 Å². The Labute approximate surface area is 152 Å². The maximum atomic E-state index is 11.9. The molecule has 26 heavy (non-hydrogen) atoms. The third kappa shape index (κ3) is 6.51. The zero-order valence-corrected chi connectivity index (χ0v) is 15.0. The van der Waals surface area contributed by atoms with Crippen molar-refractivity contribution in [2.24, 2.45) is 0 Å². The van der Waals surface area contributed by atoms with Crippen LogP contribution in [0.1, 0.15) is 22.3 Å². The van der Waals surface area contributed by atoms with Gasteiger partial charge in [-0.3, -0.25) is 4.79 Å². The van der Waals surface area contributed by atoms with Crippen molar-refractivity contribution in [2.45, 2.75) is 13.5 Å². The van der Waals surface area contributed by atoms with Gasteiger partial charge in [-0.25, -0.2) is 13.1 Å². The lowest BCUT2D eigenvalue weighted by atomic mass is 10.1. The molecule has 0 bridgehead atoms. The first-order chi connectivity index (χ1) is 12.4. The third-order valence-corrected chi connectivity index (χ3v) is 4.43. The van der Waals surface area contributed by atoms with Gasteiger partial charge >= 0.3 is 5.97 Å². The second kappa shape index (κ2) is 8.94. The Bertz CT molecular complexity index is 942. The second-order valence-electron chi connectivity index (χ2n) is 5.55. The molecular weight excluding hydrogens is 352 g/mol. The highest BCUT2D eigenvalue weighted by atomic mass is 32.2. The largest absolute Gasteiger partial charge is 0.460 e. The summed E-state index contributed by atoms with van der Waals surface area (Å²) >= 11 is 0. The van der Waals surface area contributed by atoms with E-state index in [0.29, 0.717) is 11.1 Å². The van der Waals surface area contributed by atoms with Gasteiger partial charge in [0.15, 0.2) is 0 Å². The summed E-state index contributed by atoms with van der Waals surface area (Å²) in [6, 6.07) is 16.0. The predicted octanol–water partition coefficient (Wildman–Crippen LogP) is 2.50. The van der Waals surface area contributed by atoms with Gasteiger partial charge in [0.2, 0.25) is 10.0 Å². The summed E-state index contributed by atoms with van der Waals surface area (Å²) in [5.41, 5.74) is 2.92. The lowest BCUT2D eigenvalue weighted by Crippen LogP contribution is -2.29. The SMILES string of the molecule is Cc1ccc(/C=C/S(=O)(=O)NCC(=O)OCc2cccc(C#N)c2)cc1. The van der Waals surface area contributed by atoms with E-state index >= 15 is 0 Å². The van der Waals surface area contributed by atoms with Gasteiger partial charge < -0.3 is 4.74 Å². The fourth-order valence-electron chi connectivity index (χ4n) is 2.00. The molecule has 0 saturated heterocycles. The summed E-state index contributed by atoms with van der Waals surface area (Å²) in [5, 5.41) is 9.82. The van der Waals surface area contributed by atoms with E-state index in [1.54, 1.807) is 36.4 Å². The molecule has 0 unspecified atom stereocenters. The summed E-state index contributed by atoms with van der Waals surface area (Å²) in [5.74, 6) is -0.709. The van der Waals surface area contributed by atoms with Crippen LogP contribution in [0.25, 0.3) is 6.08 Å². The smallest absolute Gasteiger partial charge is 0.321 e. The molecule has 0 aliphatic carbocycles. The fourth-order valence-corrected chi connectivity index (χ4v) is 2.75. The van der Waals surface area contributed by atoms with Crippen molar-refractivity contribution in [3.05, 3.63) is 76.2 Å². The molecule has 134 valence electrons. The van der Waals surface area contributed by atoms with Gasteiger partial charge in [-0.2, -0.15) is 5.26 Å². The fraction of sp³-hybridized carbons (Fsp3) is 0.158. The monoisotopic (exact) mass is 370 g/mol. The molecule has 0 aliphatic heterocycles. The van der Waals surface area contributed by atoms with E-state index in [1.807, 2.05) is 25.1 Å². The molecule has 6 nitrogen and oxygen atoms in total. The summed E-state index contributed by atoms with van der Waals surface area (Å²) in [4.78, 5) is 11.7. The number of esters is 1. The molecule has 0 saturated carbocycles. The summed E-state index contributed by atoms with van der Waals surface area (Å²) < 4.78 is 30.9. The Balaban J connectivity index is 1.83. The summed E-state index contributed by atoms with van der Waals surface area (Å²) in [6.07, 6.45) is 1.44. The van der Waals surface area contributed by atoms with E-state index in [2.05, 4.69) is 4.72 Å². The van der Waals surface area contributed by atoms with Crippen molar-refractivity contribution >= 4 is 22.1 Å². The Morgan fingerprint density at radius 2 is 1.96 bits per heavy atom. The zero-order valence-electron chi connectivity index (χ0n) is 14.2. The van der Waals surface area contributed by atoms with Crippen LogP contribution in [-0.2, 0) is 26.2 Å². The molecule has 2 aromatic carbocycles. The highest BCUT2D eigenvalue weighted by Crippen LogP contribution is 2.07. The van der Waals surface area contributed by atoms with Crippen molar-refractivity contribution in [3.8, 4) is 6.07 Å². The van der Waals surface area contributed by atoms with Crippen molar-refractivity contribution in [1.82, 2.24) is 4.72 Å². The van der Waals surface area contributed by atoms with Crippen molar-refractivity contribution < 1.29 is 17.9 Å². The molecule has 0 spiro atoms. The van der Waals surface area contributed by atoms with Crippen LogP contribution in [0.15, 0.2) is 53.9 Å². The van der Waals surface area contributed by atoms with Crippen molar-refractivity contribution in [1.29, 1.82) is 5.26 Å². The second-order valence-corrected chi connectivity index (χ2v) is 7.20. The molecule has 0 atom stereocenters. The van der Waals surface area contributed by atoms with Crippen LogP contribution in [0, 0.1) is 18.3 Å². The molecule has 0 amide bonds. The number of aryl methyl sites for hydroxylation is 1. The number of hydrogen-bond acceptors (Lipinski definition) is 5. The lowest BCUT2D eigenvalue weighted by Gasteiger charge is -2.06. The van der Waals surface area contributed by atoms with E-state index in [-0.39, 0.29) is 6.61 Å². The summed E-state index contributed by atoms with van der Waals surface area (Å²) in [6.45, 7) is 1.43. The number of nitrogens with one attached hydrogen (secondary N) is 1. The molecule has 0 fully saturated rings. The molecule has 1 N–H and O–H groups in total. The third-order valence-electron chi connectivity index (χ3n) is 3.39. The minimum atomic E-state index is -3.75. The molecule has 0 radical (unpaired) electrons. The maximum Gasteiger partial charge on any atom is 0.321 e. The average Bonchev–Trinajstić information content (AvgIpc) is 2.64. The van der Waals surface area contributed by atoms with Crippen molar-refractivity contribution in [2.75, 3.05) is 6.54 Å². The van der Waals surface area contributed by atoms with Crippen LogP contribution >= 0.6 is 0 Å². The first-order valence-corrected chi connectivity index (χ1v) is 9.32. The first-order valence-electron chi connectivity index (χ1n) is 7.77. The number of carbonyl (C=O) groups is 1. The number of nitriles is 1.